The van der Waals surface area contributed by atoms with Crippen molar-refractivity contribution in [2.24, 2.45) is 29.4 Å². The Morgan fingerprint density at radius 3 is 2.46 bits per heavy atom. The van der Waals surface area contributed by atoms with E-state index in [0.29, 0.717) is 38.8 Å². The summed E-state index contributed by atoms with van der Waals surface area (Å²) in [4.78, 5) is 48.6. The maximum absolute atomic E-state index is 14.3. The van der Waals surface area contributed by atoms with Crippen molar-refractivity contribution in [1.82, 2.24) is 24.9 Å². The van der Waals surface area contributed by atoms with Gasteiger partial charge in [-0.05, 0) is 91.4 Å². The minimum Gasteiger partial charge on any atom is -0.458 e. The molecule has 56 heavy (non-hydrogen) atoms. The molecule has 314 valence electrons. The monoisotopic (exact) mass is 786 g/mol. The number of likely N-dealkylation sites (N-methyl/N-ethyl adjacent to an activating group) is 1. The highest BCUT2D eigenvalue weighted by Crippen LogP contribution is 2.43. The molecule has 1 unspecified atom stereocenters. The Kier molecular flexibility index (Phi) is 13.9. The fourth-order valence-corrected chi connectivity index (χ4v) is 9.40. The number of nitrogens with zero attached hydrogens (tertiary/aromatic N) is 4. The quantitative estimate of drug-likeness (QED) is 0.180. The van der Waals surface area contributed by atoms with Crippen LogP contribution < -0.4 is 11.2 Å². The molecule has 0 aliphatic carbocycles. The highest BCUT2D eigenvalue weighted by molar-refractivity contribution is 6.00. The molecule has 3 fully saturated rings. The van der Waals surface area contributed by atoms with Crippen LogP contribution in [0.15, 0.2) is 30.6 Å². The average Bonchev–Trinajstić information content (AvgIpc) is 3.70. The number of carbonyl (C=O) groups excluding carboxylic acids is 3. The SMILES string of the molecule is CC[C@@H]1OC(=O)[C@H](C)C(=O)[C@H](C)[C@@H](O[C@@H]2O[C@H](C)C[C@H](N(C)C)[C@H]2O)[C@@](C)(OC)C[C@@H](C)C(N)[C@@H](C)[C@H]2N(NCCCn3cnc4ccccc43)C(=O)O[C@]12C. The molecule has 0 saturated carbocycles. The van der Waals surface area contributed by atoms with Crippen LogP contribution in [0.25, 0.3) is 11.0 Å². The van der Waals surface area contributed by atoms with Crippen molar-refractivity contribution < 1.29 is 43.2 Å². The van der Waals surface area contributed by atoms with E-state index in [1.165, 1.54) is 11.9 Å². The molecule has 2 aromatic rings. The number of imidazole rings is 1. The summed E-state index contributed by atoms with van der Waals surface area (Å²) in [5, 5.41) is 13.0. The molecule has 1 aromatic carbocycles. The Balaban J connectivity index is 1.46. The molecule has 3 aliphatic rings. The molecule has 1 amide bonds. The number of hydrazine groups is 1. The van der Waals surface area contributed by atoms with Gasteiger partial charge in [0.15, 0.2) is 17.7 Å². The Labute approximate surface area is 331 Å². The molecule has 0 radical (unpaired) electrons. The summed E-state index contributed by atoms with van der Waals surface area (Å²) in [6, 6.07) is 6.49. The Hall–Kier alpha value is -3.18. The lowest BCUT2D eigenvalue weighted by Crippen LogP contribution is -2.63. The summed E-state index contributed by atoms with van der Waals surface area (Å²) in [7, 11) is 5.35. The number of nitrogens with one attached hydrogen (secondary N) is 1. The lowest BCUT2D eigenvalue weighted by Gasteiger charge is -2.48. The minimum absolute atomic E-state index is 0.227. The van der Waals surface area contributed by atoms with E-state index in [-0.39, 0.29) is 24.0 Å². The van der Waals surface area contributed by atoms with Gasteiger partial charge in [0.05, 0.1) is 41.2 Å². The minimum atomic E-state index is -1.31. The number of benzene rings is 1. The van der Waals surface area contributed by atoms with Crippen LogP contribution in [0.3, 0.4) is 0 Å². The lowest BCUT2D eigenvalue weighted by molar-refractivity contribution is -0.295. The number of hydrogen-bond donors (Lipinski definition) is 3. The van der Waals surface area contributed by atoms with Crippen LogP contribution in [0, 0.1) is 23.7 Å². The zero-order chi connectivity index (χ0) is 41.3. The molecule has 0 spiro atoms. The number of aliphatic hydroxyl groups excluding tert-OH is 1. The van der Waals surface area contributed by atoms with Crippen molar-refractivity contribution in [2.45, 2.75) is 148 Å². The van der Waals surface area contributed by atoms with Gasteiger partial charge in [0.1, 0.15) is 18.1 Å². The van der Waals surface area contributed by atoms with Crippen molar-refractivity contribution in [3.05, 3.63) is 30.6 Å². The van der Waals surface area contributed by atoms with Crippen LogP contribution in [0.5, 0.6) is 0 Å². The number of aromatic nitrogens is 2. The number of aliphatic hydroxyl groups is 1. The van der Waals surface area contributed by atoms with E-state index in [0.717, 1.165) is 11.0 Å². The topological polar surface area (TPSA) is 180 Å². The van der Waals surface area contributed by atoms with Crippen LogP contribution in [-0.2, 0) is 39.8 Å². The number of hydrogen-bond acceptors (Lipinski definition) is 13. The largest absolute Gasteiger partial charge is 0.458 e. The van der Waals surface area contributed by atoms with Crippen molar-refractivity contribution in [3.63, 3.8) is 0 Å². The van der Waals surface area contributed by atoms with Gasteiger partial charge in [0, 0.05) is 38.2 Å². The molecular formula is C41H66N6O9. The summed E-state index contributed by atoms with van der Waals surface area (Å²) in [5.74, 6) is -3.85. The molecule has 5 rings (SSSR count). The highest BCUT2D eigenvalue weighted by Gasteiger charge is 2.60. The van der Waals surface area contributed by atoms with Crippen LogP contribution in [0.4, 0.5) is 4.79 Å². The maximum Gasteiger partial charge on any atom is 0.425 e. The Morgan fingerprint density at radius 2 is 1.80 bits per heavy atom. The van der Waals surface area contributed by atoms with E-state index in [2.05, 4.69) is 15.0 Å². The third-order valence-corrected chi connectivity index (χ3v) is 12.8. The first-order valence-electron chi connectivity index (χ1n) is 20.2. The highest BCUT2D eigenvalue weighted by atomic mass is 16.7. The fourth-order valence-electron chi connectivity index (χ4n) is 9.40. The first-order chi connectivity index (χ1) is 26.4. The van der Waals surface area contributed by atoms with E-state index in [9.17, 15) is 19.5 Å². The molecule has 4 N–H and O–H groups in total. The number of Topliss-reactive ketones (excluding diaryl/α,β-unsaturated/α-hetero) is 1. The molecule has 3 aliphatic heterocycles. The van der Waals surface area contributed by atoms with Gasteiger partial charge < -0.3 is 44.0 Å². The number of aryl methyl sites for hydroxylation is 1. The van der Waals surface area contributed by atoms with Gasteiger partial charge in [-0.2, -0.15) is 0 Å². The zero-order valence-corrected chi connectivity index (χ0v) is 35.1. The van der Waals surface area contributed by atoms with E-state index < -0.39 is 77.6 Å². The second kappa shape index (κ2) is 17.8. The third-order valence-electron chi connectivity index (χ3n) is 12.8. The molecule has 3 saturated heterocycles. The number of cyclic esters (lactones) is 1. The summed E-state index contributed by atoms with van der Waals surface area (Å²) in [6.07, 6.45) is -1.00. The number of rotatable bonds is 10. The number of fused-ring (bicyclic) bond motifs is 2. The van der Waals surface area contributed by atoms with Gasteiger partial charge in [0.25, 0.3) is 0 Å². The van der Waals surface area contributed by atoms with Crippen molar-refractivity contribution in [3.8, 4) is 0 Å². The number of nitrogens with two attached hydrogens (primary N) is 1. The maximum atomic E-state index is 14.3. The predicted molar refractivity (Wildman–Crippen MR) is 210 cm³/mol. The molecule has 15 heteroatoms. The van der Waals surface area contributed by atoms with Gasteiger partial charge >= 0.3 is 12.1 Å². The summed E-state index contributed by atoms with van der Waals surface area (Å²) >= 11 is 0. The second-order valence-corrected chi connectivity index (χ2v) is 17.1. The standard InChI is InChI=1S/C41H66N6O9/c1-12-31-41(8)35(47(39(51)56-41)44-18-15-19-46-22-43-28-16-13-14-17-29(28)46)25(4)32(42)23(2)21-40(7,52-11)36(26(5)33(48)27(6)37(50)54-31)55-38-34(49)30(45(9)10)20-24(3)53-38/h13-14,16-17,22-27,30-32,34-36,38,44,49H,12,15,18-21,42H2,1-11H3/t23-,24-,25-,26+,27-,30+,31+,32?,34-,35-,36-,38+,40+,41-/m1/s1. The second-order valence-electron chi connectivity index (χ2n) is 17.1. The summed E-state index contributed by atoms with van der Waals surface area (Å²) < 4.78 is 33.5. The number of esters is 1. The van der Waals surface area contributed by atoms with Gasteiger partial charge in [-0.1, -0.05) is 39.8 Å². The van der Waals surface area contributed by atoms with Crippen molar-refractivity contribution in [1.29, 1.82) is 0 Å². The normalized spacial score (nSPS) is 39.0. The third kappa shape index (κ3) is 8.64. The van der Waals surface area contributed by atoms with Gasteiger partial charge in [0.2, 0.25) is 0 Å². The zero-order valence-electron chi connectivity index (χ0n) is 35.1. The molecule has 0 bridgehead atoms. The smallest absolute Gasteiger partial charge is 0.425 e. The predicted octanol–water partition coefficient (Wildman–Crippen LogP) is 3.89. The summed E-state index contributed by atoms with van der Waals surface area (Å²) in [6.45, 7) is 15.8. The molecule has 4 heterocycles. The van der Waals surface area contributed by atoms with E-state index in [1.807, 2.05) is 84.2 Å². The number of ketones is 1. The summed E-state index contributed by atoms with van der Waals surface area (Å²) in [5.41, 5.74) is 10.0. The number of carbonyl (C=O) groups is 3. The first kappa shape index (κ1) is 43.9. The van der Waals surface area contributed by atoms with E-state index in [4.69, 9.17) is 29.4 Å². The van der Waals surface area contributed by atoms with Gasteiger partial charge in [-0.25, -0.2) is 20.2 Å². The number of para-hydroxylation sites is 2. The van der Waals surface area contributed by atoms with Gasteiger partial charge in [-0.15, -0.1) is 0 Å². The first-order valence-corrected chi connectivity index (χ1v) is 20.2. The van der Waals surface area contributed by atoms with Crippen molar-refractivity contribution in [2.75, 3.05) is 27.7 Å². The Bertz CT molecular complexity index is 1670. The van der Waals surface area contributed by atoms with E-state index in [1.54, 1.807) is 21.0 Å². The molecule has 1 aromatic heterocycles. The van der Waals surface area contributed by atoms with E-state index >= 15 is 0 Å². The Morgan fingerprint density at radius 1 is 1.11 bits per heavy atom. The number of methoxy groups -OCH3 is 1. The van der Waals surface area contributed by atoms with Crippen LogP contribution >= 0.6 is 0 Å². The molecule has 15 nitrogen and oxygen atoms in total. The average molecular weight is 787 g/mol. The molecular weight excluding hydrogens is 720 g/mol. The van der Waals surface area contributed by atoms with Crippen LogP contribution in [0.1, 0.15) is 81.1 Å². The van der Waals surface area contributed by atoms with Gasteiger partial charge in [-0.3, -0.25) is 9.59 Å². The fraction of sp³-hybridized carbons (Fsp3) is 0.756. The van der Waals surface area contributed by atoms with Crippen LogP contribution in [0.2, 0.25) is 0 Å². The van der Waals surface area contributed by atoms with Crippen molar-refractivity contribution >= 4 is 28.9 Å². The van der Waals surface area contributed by atoms with Crippen LogP contribution in [-0.4, -0.2) is 130 Å². The number of amides is 1. The number of ether oxygens (including phenoxy) is 5. The lowest BCUT2D eigenvalue weighted by atomic mass is 9.72. The molecule has 14 atom stereocenters.